The van der Waals surface area contributed by atoms with E-state index >= 15 is 0 Å². The Bertz CT molecular complexity index is 807. The minimum Gasteiger partial charge on any atom is -0.497 e. The molecule has 0 unspecified atom stereocenters. The summed E-state index contributed by atoms with van der Waals surface area (Å²) in [5.41, 5.74) is 1.39. The van der Waals surface area contributed by atoms with Crippen LogP contribution in [0.1, 0.15) is 18.4 Å². The summed E-state index contributed by atoms with van der Waals surface area (Å²) in [5, 5.41) is 0.590. The van der Waals surface area contributed by atoms with Gasteiger partial charge in [-0.25, -0.2) is 4.79 Å². The third kappa shape index (κ3) is 4.94. The molecule has 5 heteroatoms. The van der Waals surface area contributed by atoms with Crippen LogP contribution in [0.25, 0.3) is 0 Å². The highest BCUT2D eigenvalue weighted by Crippen LogP contribution is 2.27. The van der Waals surface area contributed by atoms with Crippen LogP contribution in [0.2, 0.25) is 5.02 Å². The Labute approximate surface area is 154 Å². The molecule has 130 valence electrons. The van der Waals surface area contributed by atoms with Gasteiger partial charge in [-0.05, 0) is 35.4 Å². The number of hydrogen-bond donors (Lipinski definition) is 0. The number of methoxy groups -OCH3 is 2. The number of esters is 1. The van der Waals surface area contributed by atoms with Gasteiger partial charge in [0.1, 0.15) is 5.75 Å². The molecule has 0 aromatic heterocycles. The highest BCUT2D eigenvalue weighted by atomic mass is 35.5. The van der Waals surface area contributed by atoms with Gasteiger partial charge in [-0.1, -0.05) is 41.9 Å². The monoisotopic (exact) mass is 358 g/mol. The predicted molar refractivity (Wildman–Crippen MR) is 101 cm³/mol. The molecule has 0 aliphatic heterocycles. The van der Waals surface area contributed by atoms with E-state index < -0.39 is 17.9 Å². The zero-order valence-corrected chi connectivity index (χ0v) is 14.9. The van der Waals surface area contributed by atoms with E-state index in [0.29, 0.717) is 21.9 Å². The van der Waals surface area contributed by atoms with Crippen molar-refractivity contribution in [2.24, 2.45) is 4.99 Å². The average Bonchev–Trinajstić information content (AvgIpc) is 2.67. The fraction of sp³-hybridized carbons (Fsp3) is 0.200. The first-order chi connectivity index (χ1) is 12.4. The van der Waals surface area contributed by atoms with Gasteiger partial charge in [-0.3, -0.25) is 4.99 Å². The summed E-state index contributed by atoms with van der Waals surface area (Å²) in [4.78, 5) is 16.7. The minimum atomic E-state index is -1.93. The molecule has 2 atom stereocenters. The number of benzene rings is 2. The van der Waals surface area contributed by atoms with Gasteiger partial charge in [0.25, 0.3) is 0 Å². The van der Waals surface area contributed by atoms with Crippen molar-refractivity contribution in [1.29, 1.82) is 0 Å². The van der Waals surface area contributed by atoms with Crippen molar-refractivity contribution in [3.8, 4) is 5.75 Å². The van der Waals surface area contributed by atoms with Crippen LogP contribution in [0, 0.1) is 0 Å². The van der Waals surface area contributed by atoms with Gasteiger partial charge in [0.15, 0.2) is 6.02 Å². The molecule has 2 rings (SSSR count). The van der Waals surface area contributed by atoms with Gasteiger partial charge in [-0.15, -0.1) is 6.58 Å². The number of carbonyl (C=O) groups excluding carboxylic acids is 1. The molecule has 0 saturated carbocycles. The Morgan fingerprint density at radius 2 is 2.00 bits per heavy atom. The maximum absolute atomic E-state index is 12.4. The molecule has 0 spiro atoms. The first-order valence-electron chi connectivity index (χ1n) is 8.10. The molecule has 0 N–H and O–H groups in total. The normalized spacial score (nSPS) is 15.1. The molecule has 0 bridgehead atoms. The molecule has 4 nitrogen and oxygen atoms in total. The second kappa shape index (κ2) is 9.04. The van der Waals surface area contributed by atoms with E-state index in [9.17, 15) is 4.79 Å². The third-order valence-corrected chi connectivity index (χ3v) is 3.85. The van der Waals surface area contributed by atoms with Gasteiger partial charge >= 0.3 is 5.97 Å². The van der Waals surface area contributed by atoms with E-state index in [2.05, 4.69) is 11.6 Å². The van der Waals surface area contributed by atoms with Crippen LogP contribution in [-0.2, 0) is 9.53 Å². The van der Waals surface area contributed by atoms with Crippen molar-refractivity contribution in [1.82, 2.24) is 0 Å². The Morgan fingerprint density at radius 3 is 2.60 bits per heavy atom. The maximum Gasteiger partial charge on any atom is 0.331 e. The zero-order valence-electron chi connectivity index (χ0n) is 15.1. The number of aliphatic imine (C=N–C) groups is 1. The summed E-state index contributed by atoms with van der Waals surface area (Å²) in [5.74, 6) is -0.896. The second-order valence-electron chi connectivity index (χ2n) is 5.18. The van der Waals surface area contributed by atoms with Gasteiger partial charge in [-0.2, -0.15) is 0 Å². The van der Waals surface area contributed by atoms with Crippen molar-refractivity contribution in [2.45, 2.75) is 11.9 Å². The topological polar surface area (TPSA) is 47.9 Å². The number of nitrogens with zero attached hydrogens (tertiary/aromatic N) is 1. The lowest BCUT2D eigenvalue weighted by atomic mass is 9.91. The lowest BCUT2D eigenvalue weighted by Gasteiger charge is -2.20. The second-order valence-corrected chi connectivity index (χ2v) is 5.61. The number of hydrogen-bond acceptors (Lipinski definition) is 4. The largest absolute Gasteiger partial charge is 0.497 e. The Balaban J connectivity index is 2.47. The first-order valence-corrected chi connectivity index (χ1v) is 7.98. The van der Waals surface area contributed by atoms with Gasteiger partial charge in [0.05, 0.1) is 15.6 Å². The fourth-order valence-corrected chi connectivity index (χ4v) is 2.42. The predicted octanol–water partition coefficient (Wildman–Crippen LogP) is 4.28. The van der Waals surface area contributed by atoms with Crippen LogP contribution < -0.4 is 4.74 Å². The van der Waals surface area contributed by atoms with Crippen LogP contribution in [0.5, 0.6) is 5.75 Å². The van der Waals surface area contributed by atoms with Crippen LogP contribution in [0.3, 0.4) is 0 Å². The number of rotatable bonds is 7. The third-order valence-electron chi connectivity index (χ3n) is 3.60. The highest BCUT2D eigenvalue weighted by Gasteiger charge is 2.27. The molecule has 0 heterocycles. The van der Waals surface area contributed by atoms with Crippen molar-refractivity contribution < 1.29 is 15.6 Å². The summed E-state index contributed by atoms with van der Waals surface area (Å²) in [6.07, 6.45) is 2.97. The van der Waals surface area contributed by atoms with E-state index in [0.717, 1.165) is 0 Å². The van der Waals surface area contributed by atoms with Crippen LogP contribution in [0.4, 0.5) is 0 Å². The number of halogens is 1. The lowest BCUT2D eigenvalue weighted by molar-refractivity contribution is -0.142. The summed E-state index contributed by atoms with van der Waals surface area (Å²) in [7, 11) is 2.78. The van der Waals surface area contributed by atoms with E-state index in [1.807, 2.05) is 0 Å². The number of carbonyl (C=O) groups is 1. The van der Waals surface area contributed by atoms with Crippen molar-refractivity contribution >= 4 is 23.8 Å². The van der Waals surface area contributed by atoms with Crippen LogP contribution in [0.15, 0.2) is 66.2 Å². The summed E-state index contributed by atoms with van der Waals surface area (Å²) in [6, 6.07) is 12.1. The van der Waals surface area contributed by atoms with Crippen molar-refractivity contribution in [2.75, 3.05) is 14.2 Å². The zero-order chi connectivity index (χ0) is 19.2. The Hall–Kier alpha value is -2.59. The van der Waals surface area contributed by atoms with E-state index in [-0.39, 0.29) is 0 Å². The maximum atomic E-state index is 12.4. The van der Waals surface area contributed by atoms with E-state index in [1.165, 1.54) is 19.4 Å². The highest BCUT2D eigenvalue weighted by molar-refractivity contribution is 6.30. The molecule has 0 fully saturated rings. The lowest BCUT2D eigenvalue weighted by Crippen LogP contribution is -2.27. The number of ether oxygens (including phenoxy) is 2. The van der Waals surface area contributed by atoms with Crippen molar-refractivity contribution in [3.63, 3.8) is 0 Å². The molecular formula is C20H20ClNO3. The average molecular weight is 359 g/mol. The Morgan fingerprint density at radius 1 is 1.28 bits per heavy atom. The van der Waals surface area contributed by atoms with Gasteiger partial charge < -0.3 is 9.47 Å². The molecular weight excluding hydrogens is 338 g/mol. The minimum absolute atomic E-state index is 0.590. The SMILES string of the molecule is [2H][C@@](N=Cc1ccc(Cl)cc1)(C(=O)OC)[C@H](C=C)c1cccc(OC)c1. The van der Waals surface area contributed by atoms with Crippen molar-refractivity contribution in [3.05, 3.63) is 77.3 Å². The van der Waals surface area contributed by atoms with Crippen LogP contribution in [-0.4, -0.2) is 32.4 Å². The molecule has 2 aromatic rings. The smallest absolute Gasteiger partial charge is 0.331 e. The molecule has 0 aliphatic rings. The summed E-state index contributed by atoms with van der Waals surface area (Å²) < 4.78 is 18.8. The molecule has 0 amide bonds. The molecule has 0 aliphatic carbocycles. The molecule has 2 aromatic carbocycles. The van der Waals surface area contributed by atoms with E-state index in [4.69, 9.17) is 22.4 Å². The standard InChI is InChI=1S/C20H20ClNO3/c1-4-18(15-6-5-7-17(12-15)24-2)19(20(23)25-3)22-13-14-8-10-16(21)11-9-14/h4-13,18-19H,1H2,2-3H3/t18-,19+/m1/s1/i19D. The molecule has 0 radical (unpaired) electrons. The fourth-order valence-electron chi connectivity index (χ4n) is 2.30. The summed E-state index contributed by atoms with van der Waals surface area (Å²) >= 11 is 5.88. The van der Waals surface area contributed by atoms with E-state index in [1.54, 1.807) is 55.6 Å². The van der Waals surface area contributed by atoms with Crippen LogP contribution >= 0.6 is 11.6 Å². The van der Waals surface area contributed by atoms with Gasteiger partial charge in [0, 0.05) is 17.2 Å². The molecule has 0 saturated heterocycles. The summed E-state index contributed by atoms with van der Waals surface area (Å²) in [6.45, 7) is 3.78. The Kier molecular flexibility index (Phi) is 6.23. The first kappa shape index (κ1) is 17.2. The van der Waals surface area contributed by atoms with Gasteiger partial charge in [0.2, 0.25) is 0 Å². The quantitative estimate of drug-likeness (QED) is 0.421. The molecule has 25 heavy (non-hydrogen) atoms.